The largest absolute Gasteiger partial charge is 0.464 e. The van der Waals surface area contributed by atoms with E-state index < -0.39 is 0 Å². The Balaban J connectivity index is 2.55. The van der Waals surface area contributed by atoms with Crippen molar-refractivity contribution in [1.29, 1.82) is 0 Å². The van der Waals surface area contributed by atoms with Crippen molar-refractivity contribution < 1.29 is 9.15 Å². The summed E-state index contributed by atoms with van der Waals surface area (Å²) < 4.78 is 11.4. The highest BCUT2D eigenvalue weighted by molar-refractivity contribution is 5.08. The fourth-order valence-electron chi connectivity index (χ4n) is 1.87. The van der Waals surface area contributed by atoms with Crippen LogP contribution >= 0.6 is 0 Å². The Labute approximate surface area is 98.0 Å². The summed E-state index contributed by atoms with van der Waals surface area (Å²) in [4.78, 5) is 0. The topological polar surface area (TPSA) is 48.4 Å². The van der Waals surface area contributed by atoms with Crippen LogP contribution in [0.1, 0.15) is 44.8 Å². The molecule has 2 unspecified atom stereocenters. The lowest BCUT2D eigenvalue weighted by Gasteiger charge is -2.21. The van der Waals surface area contributed by atoms with Crippen molar-refractivity contribution in [1.82, 2.24) is 0 Å². The number of rotatable bonds is 6. The van der Waals surface area contributed by atoms with Crippen LogP contribution in [0.4, 0.5) is 0 Å². The second kappa shape index (κ2) is 6.06. The van der Waals surface area contributed by atoms with Crippen LogP contribution in [0.2, 0.25) is 0 Å². The third kappa shape index (κ3) is 3.99. The van der Waals surface area contributed by atoms with Gasteiger partial charge in [0, 0.05) is 6.54 Å². The Bertz CT molecular complexity index is 307. The van der Waals surface area contributed by atoms with Gasteiger partial charge in [-0.3, -0.25) is 0 Å². The van der Waals surface area contributed by atoms with Gasteiger partial charge in [-0.1, -0.05) is 13.8 Å². The molecular weight excluding hydrogens is 202 g/mol. The minimum atomic E-state index is -0.123. The predicted molar refractivity (Wildman–Crippen MR) is 65.2 cm³/mol. The molecule has 0 aromatic carbocycles. The van der Waals surface area contributed by atoms with E-state index in [1.807, 2.05) is 19.1 Å². The highest BCUT2D eigenvalue weighted by Gasteiger charge is 2.17. The molecule has 3 nitrogen and oxygen atoms in total. The van der Waals surface area contributed by atoms with Crippen LogP contribution in [0.15, 0.2) is 16.5 Å². The summed E-state index contributed by atoms with van der Waals surface area (Å²) >= 11 is 0. The van der Waals surface area contributed by atoms with Crippen molar-refractivity contribution in [2.75, 3.05) is 6.54 Å². The number of furan rings is 1. The standard InChI is InChI=1S/C13H23NO2/c1-9(2)7-11(4)16-13(8-14)12-6-5-10(3)15-12/h5-6,9,11,13H,7-8,14H2,1-4H3. The number of nitrogens with two attached hydrogens (primary N) is 1. The van der Waals surface area contributed by atoms with Crippen LogP contribution in [-0.4, -0.2) is 12.6 Å². The van der Waals surface area contributed by atoms with Gasteiger partial charge in [-0.25, -0.2) is 0 Å². The normalized spacial score (nSPS) is 15.4. The second-order valence-electron chi connectivity index (χ2n) is 4.75. The zero-order valence-corrected chi connectivity index (χ0v) is 10.7. The first-order valence-corrected chi connectivity index (χ1v) is 5.94. The zero-order valence-electron chi connectivity index (χ0n) is 10.7. The molecule has 92 valence electrons. The maximum atomic E-state index is 5.89. The number of ether oxygens (including phenoxy) is 1. The van der Waals surface area contributed by atoms with E-state index >= 15 is 0 Å². The first-order valence-electron chi connectivity index (χ1n) is 5.94. The highest BCUT2D eigenvalue weighted by atomic mass is 16.5. The lowest BCUT2D eigenvalue weighted by Crippen LogP contribution is -2.21. The molecule has 2 atom stereocenters. The van der Waals surface area contributed by atoms with Crippen LogP contribution in [-0.2, 0) is 4.74 Å². The Kier molecular flexibility index (Phi) is 5.03. The third-order valence-corrected chi connectivity index (χ3v) is 2.49. The second-order valence-corrected chi connectivity index (χ2v) is 4.75. The van der Waals surface area contributed by atoms with E-state index in [1.165, 1.54) is 0 Å². The fraction of sp³-hybridized carbons (Fsp3) is 0.692. The van der Waals surface area contributed by atoms with E-state index in [0.29, 0.717) is 12.5 Å². The third-order valence-electron chi connectivity index (χ3n) is 2.49. The molecular formula is C13H23NO2. The minimum absolute atomic E-state index is 0.123. The molecule has 0 spiro atoms. The molecule has 0 fully saturated rings. The molecule has 0 aliphatic heterocycles. The van der Waals surface area contributed by atoms with Crippen LogP contribution in [0, 0.1) is 12.8 Å². The maximum absolute atomic E-state index is 5.89. The van der Waals surface area contributed by atoms with Gasteiger partial charge >= 0.3 is 0 Å². The van der Waals surface area contributed by atoms with Gasteiger partial charge in [0.05, 0.1) is 6.10 Å². The molecule has 0 aliphatic carbocycles. The molecule has 0 radical (unpaired) electrons. The molecule has 0 bridgehead atoms. The average Bonchev–Trinajstić information content (AvgIpc) is 2.60. The van der Waals surface area contributed by atoms with Crippen molar-refractivity contribution in [3.63, 3.8) is 0 Å². The molecule has 1 heterocycles. The summed E-state index contributed by atoms with van der Waals surface area (Å²) in [6.45, 7) is 8.84. The first-order chi connectivity index (χ1) is 7.52. The van der Waals surface area contributed by atoms with Crippen molar-refractivity contribution in [2.24, 2.45) is 11.7 Å². The molecule has 1 aromatic heterocycles. The van der Waals surface area contributed by atoms with E-state index in [1.54, 1.807) is 0 Å². The summed E-state index contributed by atoms with van der Waals surface area (Å²) in [6.07, 6.45) is 1.12. The van der Waals surface area contributed by atoms with E-state index in [2.05, 4.69) is 20.8 Å². The quantitative estimate of drug-likeness (QED) is 0.809. The van der Waals surface area contributed by atoms with Crippen LogP contribution in [0.3, 0.4) is 0 Å². The lowest BCUT2D eigenvalue weighted by molar-refractivity contribution is -0.0191. The molecule has 3 heteroatoms. The SMILES string of the molecule is Cc1ccc(C(CN)OC(C)CC(C)C)o1. The average molecular weight is 225 g/mol. The fourth-order valence-corrected chi connectivity index (χ4v) is 1.87. The Morgan fingerprint density at radius 2 is 2.00 bits per heavy atom. The van der Waals surface area contributed by atoms with Crippen LogP contribution < -0.4 is 5.73 Å². The van der Waals surface area contributed by atoms with Gasteiger partial charge in [0.15, 0.2) is 0 Å². The summed E-state index contributed by atoms with van der Waals surface area (Å²) in [5.74, 6) is 2.36. The number of hydrogen-bond acceptors (Lipinski definition) is 3. The Hall–Kier alpha value is -0.800. The maximum Gasteiger partial charge on any atom is 0.134 e. The van der Waals surface area contributed by atoms with E-state index in [9.17, 15) is 0 Å². The van der Waals surface area contributed by atoms with Crippen molar-refractivity contribution in [3.05, 3.63) is 23.7 Å². The van der Waals surface area contributed by atoms with E-state index in [0.717, 1.165) is 17.9 Å². The van der Waals surface area contributed by atoms with Crippen LogP contribution in [0.25, 0.3) is 0 Å². The number of aryl methyl sites for hydroxylation is 1. The molecule has 0 aliphatic rings. The molecule has 0 saturated heterocycles. The molecule has 16 heavy (non-hydrogen) atoms. The highest BCUT2D eigenvalue weighted by Crippen LogP contribution is 2.22. The number of hydrogen-bond donors (Lipinski definition) is 1. The summed E-state index contributed by atoms with van der Waals surface area (Å²) in [6, 6.07) is 3.88. The van der Waals surface area contributed by atoms with Gasteiger partial charge < -0.3 is 14.9 Å². The van der Waals surface area contributed by atoms with Gasteiger partial charge in [-0.05, 0) is 38.3 Å². The van der Waals surface area contributed by atoms with Gasteiger partial charge in [-0.2, -0.15) is 0 Å². The smallest absolute Gasteiger partial charge is 0.134 e. The van der Waals surface area contributed by atoms with Crippen LogP contribution in [0.5, 0.6) is 0 Å². The lowest BCUT2D eigenvalue weighted by atomic mass is 10.1. The summed E-state index contributed by atoms with van der Waals surface area (Å²) in [5.41, 5.74) is 5.71. The molecule has 0 saturated carbocycles. The summed E-state index contributed by atoms with van der Waals surface area (Å²) in [7, 11) is 0. The monoisotopic (exact) mass is 225 g/mol. The predicted octanol–water partition coefficient (Wildman–Crippen LogP) is 3.04. The van der Waals surface area contributed by atoms with Crippen molar-refractivity contribution >= 4 is 0 Å². The molecule has 1 rings (SSSR count). The minimum Gasteiger partial charge on any atom is -0.464 e. The Morgan fingerprint density at radius 3 is 2.44 bits per heavy atom. The van der Waals surface area contributed by atoms with Gasteiger partial charge in [-0.15, -0.1) is 0 Å². The molecule has 1 aromatic rings. The Morgan fingerprint density at radius 1 is 1.31 bits per heavy atom. The van der Waals surface area contributed by atoms with Gasteiger partial charge in [0.2, 0.25) is 0 Å². The zero-order chi connectivity index (χ0) is 12.1. The first kappa shape index (κ1) is 13.3. The van der Waals surface area contributed by atoms with Gasteiger partial charge in [0.25, 0.3) is 0 Å². The van der Waals surface area contributed by atoms with Crippen molar-refractivity contribution in [2.45, 2.75) is 46.3 Å². The van der Waals surface area contributed by atoms with Gasteiger partial charge in [0.1, 0.15) is 17.6 Å². The van der Waals surface area contributed by atoms with E-state index in [4.69, 9.17) is 14.9 Å². The molecule has 0 amide bonds. The molecule has 2 N–H and O–H groups in total. The summed E-state index contributed by atoms with van der Waals surface area (Å²) in [5, 5.41) is 0. The van der Waals surface area contributed by atoms with E-state index in [-0.39, 0.29) is 12.2 Å². The van der Waals surface area contributed by atoms with Crippen molar-refractivity contribution in [3.8, 4) is 0 Å².